The second kappa shape index (κ2) is 10.4. The number of aromatic nitrogens is 1. The molecule has 2 heterocycles. The number of carbonyl (C=O) groups excluding carboxylic acids is 1. The fourth-order valence-electron chi connectivity index (χ4n) is 4.11. The third-order valence-corrected chi connectivity index (χ3v) is 7.30. The number of hydrogen-bond donors (Lipinski definition) is 2. The van der Waals surface area contributed by atoms with E-state index in [1.54, 1.807) is 17.0 Å². The van der Waals surface area contributed by atoms with Gasteiger partial charge in [-0.2, -0.15) is 8.42 Å². The van der Waals surface area contributed by atoms with Crippen molar-refractivity contribution in [1.82, 2.24) is 9.88 Å². The molecule has 0 radical (unpaired) electrons. The van der Waals surface area contributed by atoms with E-state index in [1.165, 1.54) is 31.4 Å². The maximum atomic E-state index is 14.6. The summed E-state index contributed by atoms with van der Waals surface area (Å²) in [6, 6.07) is 10.1. The van der Waals surface area contributed by atoms with Crippen molar-refractivity contribution >= 4 is 39.0 Å². The molecule has 0 unspecified atom stereocenters. The third-order valence-electron chi connectivity index (χ3n) is 6.02. The number of anilines is 2. The van der Waals surface area contributed by atoms with Gasteiger partial charge < -0.3 is 15.0 Å². The van der Waals surface area contributed by atoms with Crippen LogP contribution < -0.4 is 10.1 Å². The molecule has 12 heteroatoms. The lowest BCUT2D eigenvalue weighted by atomic mass is 9.89. The molecule has 0 aliphatic carbocycles. The van der Waals surface area contributed by atoms with Crippen molar-refractivity contribution in [3.8, 4) is 5.75 Å². The SMILES string of the molecule is COc1ccc(Nc2c(C(=O)N3CCC(c4ccc(F)cc4)CC3)cnc(S(=O)(=O)O)c2Cl)c(F)c1. The minimum Gasteiger partial charge on any atom is -0.497 e. The number of halogens is 3. The van der Waals surface area contributed by atoms with E-state index in [0.717, 1.165) is 17.8 Å². The van der Waals surface area contributed by atoms with Crippen LogP contribution in [0.5, 0.6) is 5.75 Å². The van der Waals surface area contributed by atoms with Gasteiger partial charge in [-0.1, -0.05) is 23.7 Å². The van der Waals surface area contributed by atoms with Crippen LogP contribution in [-0.2, 0) is 10.1 Å². The van der Waals surface area contributed by atoms with Crippen molar-refractivity contribution in [3.63, 3.8) is 0 Å². The standard InChI is InChI=1S/C24H22ClF2N3O5S/c1-35-17-6-7-20(19(27)12-17)29-22-18(13-28-23(21(22)25)36(32,33)34)24(31)30-10-8-15(9-11-30)14-2-4-16(26)5-3-14/h2-7,12-13,15H,8-11H2,1H3,(H,28,29)(H,32,33,34). The van der Waals surface area contributed by atoms with Crippen LogP contribution in [0.15, 0.2) is 53.7 Å². The number of nitrogens with one attached hydrogen (secondary N) is 1. The van der Waals surface area contributed by atoms with Gasteiger partial charge in [-0.3, -0.25) is 9.35 Å². The van der Waals surface area contributed by atoms with Gasteiger partial charge in [0.1, 0.15) is 22.4 Å². The summed E-state index contributed by atoms with van der Waals surface area (Å²) in [5.74, 6) is -1.17. The Balaban J connectivity index is 1.63. The maximum Gasteiger partial charge on any atom is 0.313 e. The molecule has 36 heavy (non-hydrogen) atoms. The highest BCUT2D eigenvalue weighted by atomic mass is 35.5. The first-order valence-corrected chi connectivity index (χ1v) is 12.7. The summed E-state index contributed by atoms with van der Waals surface area (Å²) in [6.07, 6.45) is 2.22. The predicted molar refractivity (Wildman–Crippen MR) is 130 cm³/mol. The Kier molecular flexibility index (Phi) is 7.43. The molecule has 1 aliphatic rings. The molecule has 1 amide bonds. The number of ether oxygens (including phenoxy) is 1. The third kappa shape index (κ3) is 5.43. The minimum absolute atomic E-state index is 0.0946. The van der Waals surface area contributed by atoms with Gasteiger partial charge in [-0.15, -0.1) is 0 Å². The number of pyridine rings is 1. The first-order chi connectivity index (χ1) is 17.1. The quantitative estimate of drug-likeness (QED) is 0.424. The van der Waals surface area contributed by atoms with Crippen molar-refractivity contribution in [2.75, 3.05) is 25.5 Å². The fraction of sp³-hybridized carbons (Fsp3) is 0.250. The van der Waals surface area contributed by atoms with E-state index in [1.807, 2.05) is 0 Å². The van der Waals surface area contributed by atoms with Gasteiger partial charge in [0.05, 0.1) is 24.0 Å². The number of likely N-dealkylation sites (tertiary alicyclic amines) is 1. The van der Waals surface area contributed by atoms with Crippen molar-refractivity contribution in [2.45, 2.75) is 23.8 Å². The van der Waals surface area contributed by atoms with Crippen molar-refractivity contribution < 1.29 is 31.3 Å². The summed E-state index contributed by atoms with van der Waals surface area (Å²) in [5, 5.41) is 1.25. The highest BCUT2D eigenvalue weighted by molar-refractivity contribution is 7.85. The summed E-state index contributed by atoms with van der Waals surface area (Å²) in [7, 11) is -3.45. The maximum absolute atomic E-state index is 14.6. The summed E-state index contributed by atoms with van der Waals surface area (Å²) < 4.78 is 65.9. The summed E-state index contributed by atoms with van der Waals surface area (Å²) in [5.41, 5.74) is 0.564. The van der Waals surface area contributed by atoms with Crippen LogP contribution in [0.1, 0.15) is 34.7 Å². The molecule has 3 aromatic rings. The van der Waals surface area contributed by atoms with Crippen LogP contribution in [0.2, 0.25) is 5.02 Å². The van der Waals surface area contributed by atoms with Crippen molar-refractivity contribution in [3.05, 3.63) is 76.4 Å². The Morgan fingerprint density at radius 3 is 2.42 bits per heavy atom. The van der Waals surface area contributed by atoms with Gasteiger partial charge in [0.15, 0.2) is 0 Å². The summed E-state index contributed by atoms with van der Waals surface area (Å²) >= 11 is 6.25. The number of nitrogens with zero attached hydrogens (tertiary/aromatic N) is 2. The predicted octanol–water partition coefficient (Wildman–Crippen LogP) is 5.03. The van der Waals surface area contributed by atoms with E-state index in [4.69, 9.17) is 16.3 Å². The second-order valence-corrected chi connectivity index (χ2v) is 9.94. The number of piperidine rings is 1. The molecule has 0 spiro atoms. The average molecular weight is 538 g/mol. The molecule has 0 bridgehead atoms. The van der Waals surface area contributed by atoms with E-state index in [0.29, 0.717) is 25.9 Å². The average Bonchev–Trinajstić information content (AvgIpc) is 2.85. The van der Waals surface area contributed by atoms with Crippen LogP contribution in [0, 0.1) is 11.6 Å². The highest BCUT2D eigenvalue weighted by Crippen LogP contribution is 2.36. The van der Waals surface area contributed by atoms with Gasteiger partial charge in [0.2, 0.25) is 5.03 Å². The smallest absolute Gasteiger partial charge is 0.313 e. The first kappa shape index (κ1) is 25.8. The largest absolute Gasteiger partial charge is 0.497 e. The Morgan fingerprint density at radius 2 is 1.83 bits per heavy atom. The Bertz CT molecular complexity index is 1400. The Labute approximate surface area is 211 Å². The Hall–Kier alpha value is -3.28. The van der Waals surface area contributed by atoms with E-state index < -0.39 is 31.9 Å². The van der Waals surface area contributed by atoms with E-state index >= 15 is 0 Å². The lowest BCUT2D eigenvalue weighted by Crippen LogP contribution is -2.38. The molecule has 1 fully saturated rings. The molecule has 190 valence electrons. The van der Waals surface area contributed by atoms with Gasteiger partial charge in [0, 0.05) is 25.4 Å². The molecule has 1 aromatic heterocycles. The van der Waals surface area contributed by atoms with Crippen molar-refractivity contribution in [2.24, 2.45) is 0 Å². The Morgan fingerprint density at radius 1 is 1.17 bits per heavy atom. The summed E-state index contributed by atoms with van der Waals surface area (Å²) in [6.45, 7) is 0.740. The molecule has 0 atom stereocenters. The van der Waals surface area contributed by atoms with E-state index in [-0.39, 0.29) is 34.4 Å². The monoisotopic (exact) mass is 537 g/mol. The molecule has 8 nitrogen and oxygen atoms in total. The second-order valence-electron chi connectivity index (χ2n) is 8.23. The van der Waals surface area contributed by atoms with Gasteiger partial charge in [0.25, 0.3) is 5.91 Å². The number of methoxy groups -OCH3 is 1. The molecule has 2 aromatic carbocycles. The lowest BCUT2D eigenvalue weighted by Gasteiger charge is -2.32. The zero-order valence-corrected chi connectivity index (χ0v) is 20.6. The van der Waals surface area contributed by atoms with E-state index in [2.05, 4.69) is 10.3 Å². The molecule has 2 N–H and O–H groups in total. The number of amides is 1. The van der Waals surface area contributed by atoms with Gasteiger partial charge in [-0.25, -0.2) is 13.8 Å². The molecule has 1 saturated heterocycles. The van der Waals surface area contributed by atoms with Crippen LogP contribution >= 0.6 is 11.6 Å². The van der Waals surface area contributed by atoms with Gasteiger partial charge in [-0.05, 0) is 48.6 Å². The molecular formula is C24H22ClF2N3O5S. The molecular weight excluding hydrogens is 516 g/mol. The number of hydrogen-bond acceptors (Lipinski definition) is 6. The van der Waals surface area contributed by atoms with Crippen LogP contribution in [-0.4, -0.2) is 49.0 Å². The fourth-order valence-corrected chi connectivity index (χ4v) is 5.12. The molecule has 1 aliphatic heterocycles. The molecule has 4 rings (SSSR count). The van der Waals surface area contributed by atoms with E-state index in [9.17, 15) is 26.5 Å². The zero-order valence-electron chi connectivity index (χ0n) is 19.0. The molecule has 0 saturated carbocycles. The number of benzene rings is 2. The topological polar surface area (TPSA) is 109 Å². The number of rotatable bonds is 6. The first-order valence-electron chi connectivity index (χ1n) is 10.9. The van der Waals surface area contributed by atoms with Crippen LogP contribution in [0.3, 0.4) is 0 Å². The normalized spacial score (nSPS) is 14.5. The zero-order chi connectivity index (χ0) is 26.0. The minimum atomic E-state index is -4.83. The van der Waals surface area contributed by atoms with Crippen LogP contribution in [0.25, 0.3) is 0 Å². The number of carbonyl (C=O) groups is 1. The van der Waals surface area contributed by atoms with Crippen LogP contribution in [0.4, 0.5) is 20.2 Å². The lowest BCUT2D eigenvalue weighted by molar-refractivity contribution is 0.0713. The van der Waals surface area contributed by atoms with Crippen molar-refractivity contribution in [1.29, 1.82) is 0 Å². The summed E-state index contributed by atoms with van der Waals surface area (Å²) in [4.78, 5) is 18.6. The van der Waals surface area contributed by atoms with Gasteiger partial charge >= 0.3 is 10.1 Å². The highest BCUT2D eigenvalue weighted by Gasteiger charge is 2.30.